The van der Waals surface area contributed by atoms with Gasteiger partial charge in [-0.25, -0.2) is 5.57 Å². The molecule has 0 aliphatic heterocycles. The molecule has 3 heteroatoms. The minimum atomic E-state index is 0. The van der Waals surface area contributed by atoms with Crippen molar-refractivity contribution in [2.75, 3.05) is 0 Å². The van der Waals surface area contributed by atoms with Gasteiger partial charge in [0.1, 0.15) is 0 Å². The Bertz CT molecular complexity index is 445. The number of nitrogens with zero attached hydrogens (tertiary/aromatic N) is 1. The van der Waals surface area contributed by atoms with E-state index in [9.17, 15) is 5.41 Å². The zero-order valence-corrected chi connectivity index (χ0v) is 12.3. The van der Waals surface area contributed by atoms with Crippen LogP contribution in [-0.2, 0) is 0 Å². The second kappa shape index (κ2) is 9.49. The molecule has 1 aromatic carbocycles. The summed E-state index contributed by atoms with van der Waals surface area (Å²) >= 11 is 0. The molecule has 1 rings (SSSR count). The van der Waals surface area contributed by atoms with Crippen LogP contribution >= 0.6 is 0 Å². The SMILES string of the molecule is C[C-]=C(C)/C(C)=C(\C)C(=[N-])c1ccccc1.[Li+].[Li+]. The number of hydrogen-bond donors (Lipinski definition) is 0. The molecule has 0 aromatic heterocycles. The van der Waals surface area contributed by atoms with Gasteiger partial charge in [-0.15, -0.1) is 19.4 Å². The second-order valence-corrected chi connectivity index (χ2v) is 3.84. The van der Waals surface area contributed by atoms with Gasteiger partial charge in [-0.1, -0.05) is 44.2 Å². The first kappa shape index (κ1) is 19.9. The van der Waals surface area contributed by atoms with Gasteiger partial charge in [-0.2, -0.15) is 11.3 Å². The minimum Gasteiger partial charge on any atom is -0.804 e. The third-order valence-corrected chi connectivity index (χ3v) is 2.90. The smallest absolute Gasteiger partial charge is 0.804 e. The molecule has 0 unspecified atom stereocenters. The molecule has 0 bridgehead atoms. The van der Waals surface area contributed by atoms with E-state index in [1.54, 1.807) is 0 Å². The Labute approximate surface area is 135 Å². The van der Waals surface area contributed by atoms with Gasteiger partial charge < -0.3 is 5.41 Å². The molecule has 0 saturated carbocycles. The van der Waals surface area contributed by atoms with Crippen LogP contribution in [0.3, 0.4) is 0 Å². The van der Waals surface area contributed by atoms with Crippen molar-refractivity contribution in [2.45, 2.75) is 27.7 Å². The maximum atomic E-state index is 10.1. The Morgan fingerprint density at radius 2 is 1.44 bits per heavy atom. The largest absolute Gasteiger partial charge is 1.00 e. The third kappa shape index (κ3) is 5.05. The number of allylic oxidation sites excluding steroid dienone is 4. The Kier molecular flexibility index (Phi) is 10.5. The monoisotopic (exact) mass is 225 g/mol. The van der Waals surface area contributed by atoms with Gasteiger partial charge in [-0.3, -0.25) is 6.08 Å². The molecule has 0 aliphatic rings. The van der Waals surface area contributed by atoms with E-state index in [4.69, 9.17) is 0 Å². The summed E-state index contributed by atoms with van der Waals surface area (Å²) in [5, 5.41) is 10.1. The van der Waals surface area contributed by atoms with Crippen molar-refractivity contribution in [3.05, 3.63) is 64.1 Å². The maximum absolute atomic E-state index is 10.1. The quantitative estimate of drug-likeness (QED) is 0.250. The number of rotatable bonds is 3. The van der Waals surface area contributed by atoms with Crippen LogP contribution in [0, 0.1) is 6.08 Å². The summed E-state index contributed by atoms with van der Waals surface area (Å²) in [6, 6.07) is 9.58. The van der Waals surface area contributed by atoms with Gasteiger partial charge in [0.2, 0.25) is 0 Å². The van der Waals surface area contributed by atoms with Gasteiger partial charge in [0.05, 0.1) is 0 Å². The van der Waals surface area contributed by atoms with E-state index >= 15 is 0 Å². The Morgan fingerprint density at radius 3 is 1.89 bits per heavy atom. The molecule has 1 aromatic rings. The average molecular weight is 225 g/mol. The third-order valence-electron chi connectivity index (χ3n) is 2.90. The molecule has 1 nitrogen and oxygen atoms in total. The molecule has 0 spiro atoms. The van der Waals surface area contributed by atoms with Crippen LogP contribution in [0.25, 0.3) is 5.41 Å². The van der Waals surface area contributed by atoms with Gasteiger partial charge >= 0.3 is 37.7 Å². The van der Waals surface area contributed by atoms with Crippen LogP contribution in [0.4, 0.5) is 0 Å². The van der Waals surface area contributed by atoms with E-state index in [1.165, 1.54) is 0 Å². The van der Waals surface area contributed by atoms with Crippen LogP contribution in [0.5, 0.6) is 0 Å². The number of hydrogen-bond acceptors (Lipinski definition) is 0. The minimum absolute atomic E-state index is 0. The zero-order chi connectivity index (χ0) is 12.1. The van der Waals surface area contributed by atoms with Crippen LogP contribution in [-0.4, -0.2) is 5.71 Å². The second-order valence-electron chi connectivity index (χ2n) is 3.84. The van der Waals surface area contributed by atoms with Gasteiger partial charge in [-0.05, 0) is 5.56 Å². The number of benzene rings is 1. The molecular formula is C15H17Li2N. The average Bonchev–Trinajstić information content (AvgIpc) is 2.36. The van der Waals surface area contributed by atoms with Crippen LogP contribution in [0.1, 0.15) is 33.3 Å². The van der Waals surface area contributed by atoms with E-state index in [2.05, 4.69) is 6.08 Å². The van der Waals surface area contributed by atoms with E-state index in [0.717, 1.165) is 22.3 Å². The molecule has 0 heterocycles. The summed E-state index contributed by atoms with van der Waals surface area (Å²) in [6.45, 7) is 7.81. The van der Waals surface area contributed by atoms with Crippen molar-refractivity contribution >= 4 is 5.71 Å². The molecule has 0 fully saturated rings. The zero-order valence-electron chi connectivity index (χ0n) is 12.3. The summed E-state index contributed by atoms with van der Waals surface area (Å²) in [5.74, 6) is 0. The Balaban J connectivity index is 0. The summed E-state index contributed by atoms with van der Waals surface area (Å²) in [4.78, 5) is 0. The van der Waals surface area contributed by atoms with Gasteiger partial charge in [0.15, 0.2) is 0 Å². The van der Waals surface area contributed by atoms with Crippen molar-refractivity contribution in [3.63, 3.8) is 0 Å². The van der Waals surface area contributed by atoms with Crippen molar-refractivity contribution in [1.29, 1.82) is 0 Å². The topological polar surface area (TPSA) is 22.3 Å². The van der Waals surface area contributed by atoms with E-state index < -0.39 is 0 Å². The molecule has 0 atom stereocenters. The summed E-state index contributed by atoms with van der Waals surface area (Å²) < 4.78 is 0. The van der Waals surface area contributed by atoms with E-state index in [-0.39, 0.29) is 37.7 Å². The predicted molar refractivity (Wildman–Crippen MR) is 70.4 cm³/mol. The Hall–Kier alpha value is -0.435. The van der Waals surface area contributed by atoms with Crippen molar-refractivity contribution < 1.29 is 37.7 Å². The molecule has 0 radical (unpaired) electrons. The molecule has 18 heavy (non-hydrogen) atoms. The van der Waals surface area contributed by atoms with Crippen molar-refractivity contribution in [1.82, 2.24) is 0 Å². The van der Waals surface area contributed by atoms with Crippen LogP contribution in [0.2, 0.25) is 0 Å². The summed E-state index contributed by atoms with van der Waals surface area (Å²) in [6.07, 6.45) is 3.09. The molecule has 0 saturated heterocycles. The van der Waals surface area contributed by atoms with E-state index in [0.29, 0.717) is 5.71 Å². The van der Waals surface area contributed by atoms with Crippen LogP contribution in [0.15, 0.2) is 47.1 Å². The predicted octanol–water partition coefficient (Wildman–Crippen LogP) is -1.84. The normalized spacial score (nSPS) is 11.9. The maximum Gasteiger partial charge on any atom is 1.00 e. The molecule has 0 aliphatic carbocycles. The fraction of sp³-hybridized carbons (Fsp3) is 0.267. The fourth-order valence-electron chi connectivity index (χ4n) is 1.46. The van der Waals surface area contributed by atoms with Gasteiger partial charge in [0, 0.05) is 0 Å². The fourth-order valence-corrected chi connectivity index (χ4v) is 1.46. The molecule has 84 valence electrons. The van der Waals surface area contributed by atoms with Gasteiger partial charge in [0.25, 0.3) is 0 Å². The molecular weight excluding hydrogens is 208 g/mol. The first-order valence-corrected chi connectivity index (χ1v) is 5.38. The first-order chi connectivity index (χ1) is 7.57. The summed E-state index contributed by atoms with van der Waals surface area (Å²) in [5.41, 5.74) is 4.23. The molecule has 0 N–H and O–H groups in total. The summed E-state index contributed by atoms with van der Waals surface area (Å²) in [7, 11) is 0. The van der Waals surface area contributed by atoms with Crippen molar-refractivity contribution in [3.8, 4) is 0 Å². The first-order valence-electron chi connectivity index (χ1n) is 5.38. The standard InChI is InChI=1S/C15H17N.2Li/c1-5-11(2)12(3)13(4)15(16)14-9-7-6-8-10-14;;/h6-10H,1-4H3;;/q-2;2*+1/b13-12+;;. The van der Waals surface area contributed by atoms with Crippen LogP contribution < -0.4 is 37.7 Å². The van der Waals surface area contributed by atoms with Crippen molar-refractivity contribution in [2.24, 2.45) is 0 Å². The van der Waals surface area contributed by atoms with E-state index in [1.807, 2.05) is 58.0 Å². The Morgan fingerprint density at radius 1 is 0.944 bits per heavy atom. The molecule has 0 amide bonds.